The molecule has 2 rings (SSSR count). The highest BCUT2D eigenvalue weighted by Gasteiger charge is 2.33. The van der Waals surface area contributed by atoms with Crippen LogP contribution in [0.2, 0.25) is 0 Å². The Labute approximate surface area is 178 Å². The number of thiazole rings is 1. The van der Waals surface area contributed by atoms with Crippen LogP contribution < -0.4 is 10.6 Å². The summed E-state index contributed by atoms with van der Waals surface area (Å²) in [6.07, 6.45) is -2.00. The van der Waals surface area contributed by atoms with Crippen LogP contribution in [-0.4, -0.2) is 59.8 Å². The van der Waals surface area contributed by atoms with E-state index in [1.54, 1.807) is 0 Å². The van der Waals surface area contributed by atoms with E-state index in [-0.39, 0.29) is 36.6 Å². The summed E-state index contributed by atoms with van der Waals surface area (Å²) in [5, 5.41) is 17.1. The van der Waals surface area contributed by atoms with Gasteiger partial charge < -0.3 is 20.6 Å². The Kier molecular flexibility index (Phi) is 10.9. The third-order valence-corrected chi connectivity index (χ3v) is 4.89. The van der Waals surface area contributed by atoms with Crippen LogP contribution in [0, 0.1) is 0 Å². The van der Waals surface area contributed by atoms with Crippen molar-refractivity contribution < 1.29 is 18.3 Å². The molecule has 0 atom stereocenters. The lowest BCUT2D eigenvalue weighted by Crippen LogP contribution is -2.40. The Balaban J connectivity index is 0.00000364. The molecule has 0 saturated carbocycles. The maximum atomic E-state index is 12.6. The van der Waals surface area contributed by atoms with E-state index in [4.69, 9.17) is 0 Å². The predicted molar refractivity (Wildman–Crippen MR) is 112 cm³/mol. The number of halogens is 4. The fourth-order valence-electron chi connectivity index (χ4n) is 2.65. The molecule has 3 N–H and O–H groups in total. The summed E-state index contributed by atoms with van der Waals surface area (Å²) in [5.41, 5.74) is -0.864. The van der Waals surface area contributed by atoms with Gasteiger partial charge >= 0.3 is 6.18 Å². The van der Waals surface area contributed by atoms with Crippen LogP contribution in [0.1, 0.15) is 36.9 Å². The van der Waals surface area contributed by atoms with Gasteiger partial charge in [0.2, 0.25) is 0 Å². The fraction of sp³-hybridized carbons (Fsp3) is 0.750. The molecular weight excluding hydrogens is 494 g/mol. The zero-order valence-corrected chi connectivity index (χ0v) is 18.4. The minimum Gasteiger partial charge on any atom is -0.393 e. The van der Waals surface area contributed by atoms with Crippen LogP contribution in [0.25, 0.3) is 0 Å². The number of guanidine groups is 1. The largest absolute Gasteiger partial charge is 0.434 e. The first kappa shape index (κ1) is 24.4. The maximum Gasteiger partial charge on any atom is 0.434 e. The molecule has 0 unspecified atom stereocenters. The molecule has 0 radical (unpaired) electrons. The molecule has 0 aliphatic carbocycles. The Morgan fingerprint density at radius 2 is 2.07 bits per heavy atom. The summed E-state index contributed by atoms with van der Waals surface area (Å²) in [5.74, 6) is 0.574. The minimum absolute atomic E-state index is 0. The highest BCUT2D eigenvalue weighted by atomic mass is 127. The van der Waals surface area contributed by atoms with Crippen LogP contribution >= 0.6 is 35.3 Å². The highest BCUT2D eigenvalue weighted by molar-refractivity contribution is 14.0. The molecule has 11 heteroatoms. The quantitative estimate of drug-likeness (QED) is 0.223. The number of aliphatic hydroxyl groups is 1. The second-order valence-corrected chi connectivity index (χ2v) is 7.12. The van der Waals surface area contributed by atoms with Crippen molar-refractivity contribution in [2.24, 2.45) is 4.99 Å². The van der Waals surface area contributed by atoms with Crippen LogP contribution in [0.5, 0.6) is 0 Å². The average Bonchev–Trinajstić information content (AvgIpc) is 3.07. The van der Waals surface area contributed by atoms with Gasteiger partial charge in [-0.2, -0.15) is 13.2 Å². The lowest BCUT2D eigenvalue weighted by atomic mass is 10.1. The second kappa shape index (κ2) is 12.0. The first-order valence-electron chi connectivity index (χ1n) is 8.82. The number of likely N-dealkylation sites (tertiary alicyclic amines) is 1. The van der Waals surface area contributed by atoms with Gasteiger partial charge in [-0.15, -0.1) is 35.3 Å². The number of rotatable bonds is 7. The fourth-order valence-corrected chi connectivity index (χ4v) is 3.38. The number of aromatic nitrogens is 1. The average molecular weight is 521 g/mol. The summed E-state index contributed by atoms with van der Waals surface area (Å²) in [6.45, 7) is 6.21. The molecule has 6 nitrogen and oxygen atoms in total. The van der Waals surface area contributed by atoms with Gasteiger partial charge in [-0.25, -0.2) is 9.98 Å². The SMILES string of the molecule is CCNC(=NCc1nc(C(F)(F)F)cs1)NCCCN1CCC(O)CC1.I. The molecule has 1 aromatic heterocycles. The zero-order chi connectivity index (χ0) is 19.0. The number of hydrogen-bond donors (Lipinski definition) is 3. The summed E-state index contributed by atoms with van der Waals surface area (Å²) in [7, 11) is 0. The molecule has 1 aliphatic rings. The van der Waals surface area contributed by atoms with Crippen molar-refractivity contribution >= 4 is 41.3 Å². The molecule has 0 spiro atoms. The normalized spacial score (nSPS) is 16.9. The van der Waals surface area contributed by atoms with Crippen molar-refractivity contribution in [3.05, 3.63) is 16.1 Å². The van der Waals surface area contributed by atoms with Crippen molar-refractivity contribution in [1.29, 1.82) is 0 Å². The lowest BCUT2D eigenvalue weighted by Gasteiger charge is -2.29. The zero-order valence-electron chi connectivity index (χ0n) is 15.3. The summed E-state index contributed by atoms with van der Waals surface area (Å²) < 4.78 is 37.7. The summed E-state index contributed by atoms with van der Waals surface area (Å²) >= 11 is 0.963. The van der Waals surface area contributed by atoms with Crippen LogP contribution in [-0.2, 0) is 12.7 Å². The van der Waals surface area contributed by atoms with Crippen molar-refractivity contribution in [3.63, 3.8) is 0 Å². The topological polar surface area (TPSA) is 72.8 Å². The number of alkyl halides is 3. The Bertz CT molecular complexity index is 577. The van der Waals surface area contributed by atoms with Crippen molar-refractivity contribution in [3.8, 4) is 0 Å². The molecule has 156 valence electrons. The van der Waals surface area contributed by atoms with E-state index >= 15 is 0 Å². The Morgan fingerprint density at radius 1 is 1.37 bits per heavy atom. The molecule has 0 bridgehead atoms. The maximum absolute atomic E-state index is 12.6. The van der Waals surface area contributed by atoms with E-state index < -0.39 is 11.9 Å². The van der Waals surface area contributed by atoms with Gasteiger partial charge in [0.15, 0.2) is 11.7 Å². The number of aliphatic imine (C=N–C) groups is 1. The van der Waals surface area contributed by atoms with Gasteiger partial charge in [-0.05, 0) is 32.7 Å². The number of aliphatic hydroxyl groups excluding tert-OH is 1. The molecule has 0 aromatic carbocycles. The molecular formula is C16H27F3IN5OS. The Hall–Kier alpha value is -0.660. The van der Waals surface area contributed by atoms with Crippen LogP contribution in [0.3, 0.4) is 0 Å². The highest BCUT2D eigenvalue weighted by Crippen LogP contribution is 2.30. The molecule has 1 aliphatic heterocycles. The first-order chi connectivity index (χ1) is 12.4. The van der Waals surface area contributed by atoms with Crippen molar-refractivity contribution in [1.82, 2.24) is 20.5 Å². The van der Waals surface area contributed by atoms with E-state index in [9.17, 15) is 18.3 Å². The van der Waals surface area contributed by atoms with Crippen molar-refractivity contribution in [2.75, 3.05) is 32.7 Å². The number of nitrogens with one attached hydrogen (secondary N) is 2. The van der Waals surface area contributed by atoms with E-state index in [0.717, 1.165) is 62.2 Å². The predicted octanol–water partition coefficient (Wildman–Crippen LogP) is 2.68. The molecule has 1 fully saturated rings. The molecule has 2 heterocycles. The smallest absolute Gasteiger partial charge is 0.393 e. The standard InChI is InChI=1S/C16H26F3N5OS.HI/c1-2-20-15(21-6-3-7-24-8-4-12(25)5-9-24)22-10-14-23-13(11-26-14)16(17,18)19;/h11-12,25H,2-10H2,1H3,(H2,20,21,22);1H. The van der Waals surface area contributed by atoms with Crippen LogP contribution in [0.15, 0.2) is 10.4 Å². The van der Waals surface area contributed by atoms with E-state index in [2.05, 4.69) is 25.5 Å². The second-order valence-electron chi connectivity index (χ2n) is 6.17. The molecule has 0 amide bonds. The van der Waals surface area contributed by atoms with E-state index in [1.165, 1.54) is 0 Å². The van der Waals surface area contributed by atoms with Gasteiger partial charge in [0.05, 0.1) is 12.6 Å². The monoisotopic (exact) mass is 521 g/mol. The third-order valence-electron chi connectivity index (χ3n) is 4.06. The number of nitrogens with zero attached hydrogens (tertiary/aromatic N) is 3. The molecule has 27 heavy (non-hydrogen) atoms. The van der Waals surface area contributed by atoms with Crippen molar-refractivity contribution in [2.45, 2.75) is 45.0 Å². The van der Waals surface area contributed by atoms with Gasteiger partial charge in [0.25, 0.3) is 0 Å². The van der Waals surface area contributed by atoms with E-state index in [1.807, 2.05) is 6.92 Å². The van der Waals surface area contributed by atoms with Crippen LogP contribution in [0.4, 0.5) is 13.2 Å². The lowest BCUT2D eigenvalue weighted by molar-refractivity contribution is -0.140. The van der Waals surface area contributed by atoms with Gasteiger partial charge in [-0.3, -0.25) is 0 Å². The summed E-state index contributed by atoms with van der Waals surface area (Å²) in [6, 6.07) is 0. The van der Waals surface area contributed by atoms with E-state index in [0.29, 0.717) is 17.5 Å². The summed E-state index contributed by atoms with van der Waals surface area (Å²) in [4.78, 5) is 10.2. The molecule has 1 saturated heterocycles. The Morgan fingerprint density at radius 3 is 2.67 bits per heavy atom. The number of piperidine rings is 1. The van der Waals surface area contributed by atoms with Gasteiger partial charge in [-0.1, -0.05) is 0 Å². The third kappa shape index (κ3) is 8.92. The first-order valence-corrected chi connectivity index (χ1v) is 9.70. The van der Waals surface area contributed by atoms with Gasteiger partial charge in [0, 0.05) is 31.6 Å². The number of hydrogen-bond acceptors (Lipinski definition) is 5. The minimum atomic E-state index is -4.41. The van der Waals surface area contributed by atoms with Gasteiger partial charge in [0.1, 0.15) is 5.01 Å². The molecule has 1 aromatic rings.